The molecule has 0 unspecified atom stereocenters. The summed E-state index contributed by atoms with van der Waals surface area (Å²) in [5.74, 6) is -4.78. The van der Waals surface area contributed by atoms with Crippen molar-refractivity contribution in [3.8, 4) is 17.2 Å². The lowest BCUT2D eigenvalue weighted by atomic mass is 10.1. The molecular formula is C28H18F3NO7. The van der Waals surface area contributed by atoms with Gasteiger partial charge in [0, 0.05) is 12.6 Å². The lowest BCUT2D eigenvalue weighted by molar-refractivity contribution is -0.154. The van der Waals surface area contributed by atoms with Crippen molar-refractivity contribution < 1.29 is 41.4 Å². The Hall–Kier alpha value is -4.93. The maximum atomic E-state index is 13.8. The van der Waals surface area contributed by atoms with Crippen LogP contribution in [0.3, 0.4) is 0 Å². The third-order valence-electron chi connectivity index (χ3n) is 5.94. The van der Waals surface area contributed by atoms with Crippen molar-refractivity contribution in [2.75, 3.05) is 6.54 Å². The van der Waals surface area contributed by atoms with Gasteiger partial charge in [0.15, 0.2) is 0 Å². The summed E-state index contributed by atoms with van der Waals surface area (Å²) in [7, 11) is 0. The number of carbonyl (C=O) groups is 3. The Kier molecular flexibility index (Phi) is 6.43. The Bertz CT molecular complexity index is 1670. The SMILES string of the molecule is Cc1cccc(Oc2c(C(F)(F)F)oc3cc(OC(=O)CCN4C(=O)c5ccccc5C4=O)ccc3c2=O)c1. The van der Waals surface area contributed by atoms with E-state index in [4.69, 9.17) is 13.9 Å². The first-order valence-corrected chi connectivity index (χ1v) is 11.6. The monoisotopic (exact) mass is 537 g/mol. The minimum Gasteiger partial charge on any atom is -0.449 e. The van der Waals surface area contributed by atoms with E-state index in [2.05, 4.69) is 0 Å². The predicted octanol–water partition coefficient (Wildman–Crippen LogP) is 5.50. The minimum absolute atomic E-state index is 0.0239. The number of carbonyl (C=O) groups excluding carboxylic acids is 3. The van der Waals surface area contributed by atoms with E-state index in [1.54, 1.807) is 31.2 Å². The number of nitrogens with zero attached hydrogens (tertiary/aromatic N) is 1. The number of esters is 1. The highest BCUT2D eigenvalue weighted by Crippen LogP contribution is 2.38. The van der Waals surface area contributed by atoms with E-state index in [9.17, 15) is 32.3 Å². The van der Waals surface area contributed by atoms with Crippen molar-refractivity contribution in [1.82, 2.24) is 4.90 Å². The Morgan fingerprint density at radius 2 is 1.59 bits per heavy atom. The molecule has 0 spiro atoms. The van der Waals surface area contributed by atoms with Crippen LogP contribution in [0.15, 0.2) is 75.9 Å². The summed E-state index contributed by atoms with van der Waals surface area (Å²) >= 11 is 0. The van der Waals surface area contributed by atoms with E-state index >= 15 is 0 Å². The minimum atomic E-state index is -5.06. The number of amides is 2. The number of imide groups is 1. The number of rotatable bonds is 6. The maximum absolute atomic E-state index is 13.8. The van der Waals surface area contributed by atoms with Gasteiger partial charge in [-0.1, -0.05) is 24.3 Å². The van der Waals surface area contributed by atoms with Crippen molar-refractivity contribution >= 4 is 28.8 Å². The number of ether oxygens (including phenoxy) is 2. The molecule has 1 aromatic heterocycles. The standard InChI is InChI=1S/C28H18F3NO7/c1-15-5-4-6-16(13-15)38-24-23(34)20-10-9-17(14-21(20)39-25(24)28(29,30)31)37-22(33)11-12-32-26(35)18-7-2-3-8-19(18)27(32)36/h2-10,13-14H,11-12H2,1H3. The zero-order valence-electron chi connectivity index (χ0n) is 20.2. The number of benzene rings is 3. The number of hydrogen-bond acceptors (Lipinski definition) is 7. The molecule has 2 heterocycles. The topological polar surface area (TPSA) is 103 Å². The van der Waals surface area contributed by atoms with Crippen molar-refractivity contribution in [3.05, 3.63) is 99.4 Å². The number of alkyl halides is 3. The van der Waals surface area contributed by atoms with Gasteiger partial charge in [-0.15, -0.1) is 0 Å². The van der Waals surface area contributed by atoms with Crippen LogP contribution >= 0.6 is 0 Å². The molecule has 0 atom stereocenters. The normalized spacial score (nSPS) is 13.1. The zero-order chi connectivity index (χ0) is 27.9. The molecule has 3 aromatic carbocycles. The summed E-state index contributed by atoms with van der Waals surface area (Å²) in [5, 5.41) is -0.225. The Labute approximate surface area is 218 Å². The molecule has 11 heteroatoms. The molecule has 8 nitrogen and oxygen atoms in total. The van der Waals surface area contributed by atoms with E-state index in [0.29, 0.717) is 5.56 Å². The molecule has 0 radical (unpaired) electrons. The second-order valence-electron chi connectivity index (χ2n) is 8.70. The van der Waals surface area contributed by atoms with Crippen LogP contribution < -0.4 is 14.9 Å². The van der Waals surface area contributed by atoms with Crippen molar-refractivity contribution in [2.45, 2.75) is 19.5 Å². The summed E-state index contributed by atoms with van der Waals surface area (Å²) in [6.45, 7) is 1.45. The van der Waals surface area contributed by atoms with E-state index in [-0.39, 0.29) is 41.0 Å². The Morgan fingerprint density at radius 3 is 2.23 bits per heavy atom. The van der Waals surface area contributed by atoms with Gasteiger partial charge in [0.2, 0.25) is 11.2 Å². The van der Waals surface area contributed by atoms with Crippen LogP contribution in [0.2, 0.25) is 0 Å². The van der Waals surface area contributed by atoms with Crippen LogP contribution in [-0.2, 0) is 11.0 Å². The quantitative estimate of drug-likeness (QED) is 0.182. The molecule has 4 aromatic rings. The highest BCUT2D eigenvalue weighted by molar-refractivity contribution is 6.21. The largest absolute Gasteiger partial charge is 0.453 e. The van der Waals surface area contributed by atoms with Gasteiger partial charge in [0.05, 0.1) is 22.9 Å². The highest BCUT2D eigenvalue weighted by Gasteiger charge is 2.41. The van der Waals surface area contributed by atoms with Crippen LogP contribution in [0, 0.1) is 6.92 Å². The molecule has 0 fully saturated rings. The van der Waals surface area contributed by atoms with Gasteiger partial charge in [-0.05, 0) is 48.9 Å². The van der Waals surface area contributed by atoms with Gasteiger partial charge in [-0.3, -0.25) is 24.1 Å². The van der Waals surface area contributed by atoms with Crippen molar-refractivity contribution in [3.63, 3.8) is 0 Å². The summed E-state index contributed by atoms with van der Waals surface area (Å²) in [5.41, 5.74) is -0.373. The average molecular weight is 537 g/mol. The summed E-state index contributed by atoms with van der Waals surface area (Å²) in [6, 6.07) is 15.7. The van der Waals surface area contributed by atoms with E-state index < -0.39 is 46.5 Å². The molecule has 2 amide bonds. The molecule has 0 aliphatic carbocycles. The Balaban J connectivity index is 1.37. The lowest BCUT2D eigenvalue weighted by Crippen LogP contribution is -2.32. The molecule has 0 bridgehead atoms. The fourth-order valence-corrected chi connectivity index (χ4v) is 4.12. The summed E-state index contributed by atoms with van der Waals surface area (Å²) in [4.78, 5) is 51.2. The van der Waals surface area contributed by atoms with Crippen LogP contribution in [-0.4, -0.2) is 29.2 Å². The second kappa shape index (κ2) is 9.75. The predicted molar refractivity (Wildman–Crippen MR) is 131 cm³/mol. The number of fused-ring (bicyclic) bond motifs is 2. The van der Waals surface area contributed by atoms with Crippen molar-refractivity contribution in [2.24, 2.45) is 0 Å². The lowest BCUT2D eigenvalue weighted by Gasteiger charge is -2.14. The van der Waals surface area contributed by atoms with Crippen LogP contribution in [0.4, 0.5) is 13.2 Å². The van der Waals surface area contributed by atoms with Crippen LogP contribution in [0.5, 0.6) is 17.2 Å². The van der Waals surface area contributed by atoms with Crippen LogP contribution in [0.25, 0.3) is 11.0 Å². The van der Waals surface area contributed by atoms with E-state index in [0.717, 1.165) is 17.0 Å². The second-order valence-corrected chi connectivity index (χ2v) is 8.70. The first-order valence-electron chi connectivity index (χ1n) is 11.6. The van der Waals surface area contributed by atoms with Gasteiger partial charge in [0.25, 0.3) is 17.6 Å². The third-order valence-corrected chi connectivity index (χ3v) is 5.94. The smallest absolute Gasteiger partial charge is 0.449 e. The fraction of sp³-hybridized carbons (Fsp3) is 0.143. The molecule has 0 saturated heterocycles. The van der Waals surface area contributed by atoms with E-state index in [1.807, 2.05) is 0 Å². The fourth-order valence-electron chi connectivity index (χ4n) is 4.12. The molecular weight excluding hydrogens is 519 g/mol. The molecule has 0 N–H and O–H groups in total. The zero-order valence-corrected chi connectivity index (χ0v) is 20.2. The first kappa shape index (κ1) is 25.7. The molecule has 5 rings (SSSR count). The first-order chi connectivity index (χ1) is 18.5. The van der Waals surface area contributed by atoms with Gasteiger partial charge in [0.1, 0.15) is 17.1 Å². The number of halogens is 3. The van der Waals surface area contributed by atoms with Gasteiger partial charge >= 0.3 is 12.1 Å². The number of aryl methyl sites for hydroxylation is 1. The average Bonchev–Trinajstić information content (AvgIpc) is 3.13. The molecule has 1 aliphatic heterocycles. The third kappa shape index (κ3) is 4.98. The van der Waals surface area contributed by atoms with Gasteiger partial charge in [-0.2, -0.15) is 13.2 Å². The number of hydrogen-bond donors (Lipinski definition) is 0. The molecule has 0 saturated carbocycles. The highest BCUT2D eigenvalue weighted by atomic mass is 19.4. The van der Waals surface area contributed by atoms with Gasteiger partial charge in [-0.25, -0.2) is 0 Å². The maximum Gasteiger partial charge on any atom is 0.453 e. The van der Waals surface area contributed by atoms with Crippen molar-refractivity contribution in [1.29, 1.82) is 0 Å². The van der Waals surface area contributed by atoms with Gasteiger partial charge < -0.3 is 13.9 Å². The molecule has 1 aliphatic rings. The van der Waals surface area contributed by atoms with Crippen LogP contribution in [0.1, 0.15) is 38.5 Å². The Morgan fingerprint density at radius 1 is 0.897 bits per heavy atom. The molecule has 198 valence electrons. The molecule has 39 heavy (non-hydrogen) atoms. The summed E-state index contributed by atoms with van der Waals surface area (Å²) < 4.78 is 56.9. The summed E-state index contributed by atoms with van der Waals surface area (Å²) in [6.07, 6.45) is -5.43. The van der Waals surface area contributed by atoms with E-state index in [1.165, 1.54) is 30.3 Å².